The van der Waals surface area contributed by atoms with Crippen LogP contribution in [0.4, 0.5) is 0 Å². The van der Waals surface area contributed by atoms with Crippen molar-refractivity contribution in [1.29, 1.82) is 0 Å². The fraction of sp³-hybridized carbons (Fsp3) is 0.640. The molecule has 1 aromatic heterocycles. The lowest BCUT2D eigenvalue weighted by molar-refractivity contribution is 0.0762. The lowest BCUT2D eigenvalue weighted by atomic mass is 9.94. The third kappa shape index (κ3) is 5.61. The standard InChI is InChI=1S/C25H40N4O3S/c1-7-27(8-2)25(30)24-16-21-15-22(10-11-23(21)29(24)13-9-12-26(5)6)33(31,32)28-17-19(3)14-20(4)18-28/h10-11,15-16,19-20H,7-9,12-14,17-18H2,1-6H3. The van der Waals surface area contributed by atoms with Gasteiger partial charge in [-0.1, -0.05) is 13.8 Å². The van der Waals surface area contributed by atoms with Crippen molar-refractivity contribution in [3.63, 3.8) is 0 Å². The van der Waals surface area contributed by atoms with Crippen molar-refractivity contribution < 1.29 is 13.2 Å². The predicted octanol–water partition coefficient (Wildman–Crippen LogP) is 3.74. The molecule has 33 heavy (non-hydrogen) atoms. The van der Waals surface area contributed by atoms with E-state index in [0.29, 0.717) is 55.1 Å². The summed E-state index contributed by atoms with van der Waals surface area (Å²) >= 11 is 0. The van der Waals surface area contributed by atoms with Gasteiger partial charge in [-0.25, -0.2) is 8.42 Å². The summed E-state index contributed by atoms with van der Waals surface area (Å²) in [6, 6.07) is 7.19. The summed E-state index contributed by atoms with van der Waals surface area (Å²) in [6.07, 6.45) is 1.95. The summed E-state index contributed by atoms with van der Waals surface area (Å²) in [4.78, 5) is 17.5. The normalized spacial score (nSPS) is 20.0. The number of hydrogen-bond donors (Lipinski definition) is 0. The fourth-order valence-corrected chi connectivity index (χ4v) is 6.71. The van der Waals surface area contributed by atoms with E-state index in [9.17, 15) is 13.2 Å². The third-order valence-corrected chi connectivity index (χ3v) is 8.43. The number of aryl methyl sites for hydroxylation is 1. The van der Waals surface area contributed by atoms with Crippen LogP contribution in [0.2, 0.25) is 0 Å². The van der Waals surface area contributed by atoms with Crippen molar-refractivity contribution in [3.8, 4) is 0 Å². The average Bonchev–Trinajstić information content (AvgIpc) is 3.11. The molecule has 1 aromatic carbocycles. The third-order valence-electron chi connectivity index (χ3n) is 6.60. The molecule has 8 heteroatoms. The van der Waals surface area contributed by atoms with E-state index in [-0.39, 0.29) is 5.91 Å². The highest BCUT2D eigenvalue weighted by Gasteiger charge is 2.32. The van der Waals surface area contributed by atoms with E-state index in [1.54, 1.807) is 16.4 Å². The lowest BCUT2D eigenvalue weighted by Gasteiger charge is -2.34. The van der Waals surface area contributed by atoms with Gasteiger partial charge in [0, 0.05) is 43.6 Å². The van der Waals surface area contributed by atoms with E-state index in [0.717, 1.165) is 30.3 Å². The highest BCUT2D eigenvalue weighted by molar-refractivity contribution is 7.89. The van der Waals surface area contributed by atoms with E-state index < -0.39 is 10.0 Å². The minimum Gasteiger partial charge on any atom is -0.338 e. The average molecular weight is 477 g/mol. The van der Waals surface area contributed by atoms with Crippen LogP contribution in [0.1, 0.15) is 51.0 Å². The van der Waals surface area contributed by atoms with Crippen LogP contribution in [0.25, 0.3) is 10.9 Å². The second-order valence-corrected chi connectivity index (χ2v) is 11.7. The number of amides is 1. The summed E-state index contributed by atoms with van der Waals surface area (Å²) in [6.45, 7) is 12.2. The van der Waals surface area contributed by atoms with Gasteiger partial charge in [0.2, 0.25) is 10.0 Å². The topological polar surface area (TPSA) is 65.9 Å². The minimum atomic E-state index is -3.57. The van der Waals surface area contributed by atoms with Crippen molar-refractivity contribution >= 4 is 26.8 Å². The first-order valence-electron chi connectivity index (χ1n) is 12.2. The predicted molar refractivity (Wildman–Crippen MR) is 134 cm³/mol. The van der Waals surface area contributed by atoms with E-state index in [2.05, 4.69) is 23.3 Å². The van der Waals surface area contributed by atoms with Gasteiger partial charge in [0.25, 0.3) is 5.91 Å². The number of benzene rings is 1. The first-order valence-corrected chi connectivity index (χ1v) is 13.6. The van der Waals surface area contributed by atoms with Gasteiger partial charge in [0.1, 0.15) is 5.69 Å². The monoisotopic (exact) mass is 476 g/mol. The summed E-state index contributed by atoms with van der Waals surface area (Å²) in [7, 11) is 0.499. The molecular weight excluding hydrogens is 436 g/mol. The van der Waals surface area contributed by atoms with Gasteiger partial charge in [-0.15, -0.1) is 0 Å². The summed E-state index contributed by atoms with van der Waals surface area (Å²) < 4.78 is 30.6. The molecule has 0 bridgehead atoms. The van der Waals surface area contributed by atoms with Crippen LogP contribution in [0.15, 0.2) is 29.2 Å². The van der Waals surface area contributed by atoms with Crippen LogP contribution in [-0.4, -0.2) is 79.8 Å². The maximum atomic E-state index is 13.4. The van der Waals surface area contributed by atoms with E-state index in [1.807, 2.05) is 45.0 Å². The van der Waals surface area contributed by atoms with E-state index in [4.69, 9.17) is 0 Å². The molecule has 0 N–H and O–H groups in total. The van der Waals surface area contributed by atoms with Crippen molar-refractivity contribution in [2.75, 3.05) is 46.8 Å². The Morgan fingerprint density at radius 1 is 1.06 bits per heavy atom. The minimum absolute atomic E-state index is 0.0101. The molecular formula is C25H40N4O3S. The van der Waals surface area contributed by atoms with Crippen LogP contribution in [0.3, 0.4) is 0 Å². The van der Waals surface area contributed by atoms with Crippen LogP contribution in [0.5, 0.6) is 0 Å². The second-order valence-electron chi connectivity index (χ2n) is 9.80. The molecule has 7 nitrogen and oxygen atoms in total. The van der Waals surface area contributed by atoms with Gasteiger partial charge in [0.15, 0.2) is 0 Å². The Balaban J connectivity index is 2.02. The van der Waals surface area contributed by atoms with Crippen molar-refractivity contribution in [1.82, 2.24) is 18.7 Å². The molecule has 0 radical (unpaired) electrons. The number of carbonyl (C=O) groups excluding carboxylic acids is 1. The number of hydrogen-bond acceptors (Lipinski definition) is 4. The van der Waals surface area contributed by atoms with E-state index in [1.165, 1.54) is 0 Å². The maximum absolute atomic E-state index is 13.4. The molecule has 1 amide bonds. The Morgan fingerprint density at radius 3 is 2.27 bits per heavy atom. The Bertz CT molecular complexity index is 1060. The number of nitrogens with zero attached hydrogens (tertiary/aromatic N) is 4. The highest BCUT2D eigenvalue weighted by Crippen LogP contribution is 2.30. The summed E-state index contributed by atoms with van der Waals surface area (Å²) in [5.41, 5.74) is 1.53. The number of rotatable bonds is 9. The molecule has 1 saturated heterocycles. The highest BCUT2D eigenvalue weighted by atomic mass is 32.2. The Morgan fingerprint density at radius 2 is 1.70 bits per heavy atom. The quantitative estimate of drug-likeness (QED) is 0.553. The molecule has 2 atom stereocenters. The Labute approximate surface area is 199 Å². The van der Waals surface area contributed by atoms with Crippen molar-refractivity contribution in [2.24, 2.45) is 11.8 Å². The fourth-order valence-electron chi connectivity index (χ4n) is 5.00. The van der Waals surface area contributed by atoms with Gasteiger partial charge < -0.3 is 14.4 Å². The zero-order valence-corrected chi connectivity index (χ0v) is 21.9. The number of sulfonamides is 1. The molecule has 2 unspecified atom stereocenters. The van der Waals surface area contributed by atoms with Crippen LogP contribution in [0, 0.1) is 11.8 Å². The van der Waals surface area contributed by atoms with Crippen LogP contribution >= 0.6 is 0 Å². The number of carbonyl (C=O) groups is 1. The Hall–Kier alpha value is -1.90. The van der Waals surface area contributed by atoms with Gasteiger partial charge in [-0.05, 0) is 83.4 Å². The van der Waals surface area contributed by atoms with E-state index >= 15 is 0 Å². The first kappa shape index (κ1) is 25.7. The largest absolute Gasteiger partial charge is 0.338 e. The van der Waals surface area contributed by atoms with Gasteiger partial charge in [-0.2, -0.15) is 4.31 Å². The number of piperidine rings is 1. The molecule has 184 valence electrons. The molecule has 1 fully saturated rings. The summed E-state index contributed by atoms with van der Waals surface area (Å²) in [5.74, 6) is 0.691. The van der Waals surface area contributed by atoms with Crippen molar-refractivity contribution in [2.45, 2.75) is 52.0 Å². The molecule has 0 saturated carbocycles. The second kappa shape index (κ2) is 10.6. The zero-order valence-electron chi connectivity index (χ0n) is 21.0. The molecule has 0 spiro atoms. The van der Waals surface area contributed by atoms with Crippen molar-refractivity contribution in [3.05, 3.63) is 30.0 Å². The maximum Gasteiger partial charge on any atom is 0.270 e. The van der Waals surface area contributed by atoms with Gasteiger partial charge >= 0.3 is 0 Å². The van der Waals surface area contributed by atoms with Crippen LogP contribution < -0.4 is 0 Å². The SMILES string of the molecule is CCN(CC)C(=O)c1cc2cc(S(=O)(=O)N3CC(C)CC(C)C3)ccc2n1CCCN(C)C. The van der Waals surface area contributed by atoms with Crippen LogP contribution in [-0.2, 0) is 16.6 Å². The molecule has 3 rings (SSSR count). The number of aromatic nitrogens is 1. The Kier molecular flexibility index (Phi) is 8.24. The van der Waals surface area contributed by atoms with Gasteiger partial charge in [-0.3, -0.25) is 4.79 Å². The molecule has 2 aromatic rings. The first-order chi connectivity index (χ1) is 15.6. The smallest absolute Gasteiger partial charge is 0.270 e. The lowest BCUT2D eigenvalue weighted by Crippen LogP contribution is -2.42. The van der Waals surface area contributed by atoms with Gasteiger partial charge in [0.05, 0.1) is 4.90 Å². The number of fused-ring (bicyclic) bond motifs is 1. The molecule has 1 aliphatic rings. The zero-order chi connectivity index (χ0) is 24.3. The summed E-state index contributed by atoms with van der Waals surface area (Å²) in [5, 5.41) is 0.801. The molecule has 1 aliphatic heterocycles. The molecule has 2 heterocycles. The molecule has 0 aliphatic carbocycles.